The number of ether oxygens (including phenoxy) is 1. The third kappa shape index (κ3) is 4.25. The number of nitrogens with zero attached hydrogens (tertiary/aromatic N) is 1. The Bertz CT molecular complexity index is 763. The molecule has 3 rings (SSSR count). The second kappa shape index (κ2) is 8.36. The van der Waals surface area contributed by atoms with Gasteiger partial charge in [0.2, 0.25) is 0 Å². The molecule has 26 heavy (non-hydrogen) atoms. The van der Waals surface area contributed by atoms with Crippen molar-refractivity contribution in [1.82, 2.24) is 4.90 Å². The fraction of sp³-hybridized carbons (Fsp3) is 0.300. The van der Waals surface area contributed by atoms with Crippen LogP contribution in [0.5, 0.6) is 0 Å². The highest BCUT2D eigenvalue weighted by atomic mass is 79.9. The van der Waals surface area contributed by atoms with Gasteiger partial charge >= 0.3 is 12.1 Å². The summed E-state index contributed by atoms with van der Waals surface area (Å²) in [4.78, 5) is 26.0. The molecule has 0 aromatic heterocycles. The summed E-state index contributed by atoms with van der Waals surface area (Å²) in [6, 6.07) is 16.2. The highest BCUT2D eigenvalue weighted by Crippen LogP contribution is 2.32. The van der Waals surface area contributed by atoms with Crippen molar-refractivity contribution in [1.29, 1.82) is 0 Å². The van der Waals surface area contributed by atoms with Crippen molar-refractivity contribution >= 4 is 28.0 Å². The van der Waals surface area contributed by atoms with E-state index < -0.39 is 24.0 Å². The van der Waals surface area contributed by atoms with E-state index >= 15 is 0 Å². The molecule has 5 nitrogen and oxygen atoms in total. The van der Waals surface area contributed by atoms with E-state index in [1.54, 1.807) is 17.0 Å². The predicted octanol–water partition coefficient (Wildman–Crippen LogP) is 4.42. The maximum atomic E-state index is 12.5. The number of aliphatic carboxylic acids is 1. The molecule has 1 amide bonds. The number of hydrogen-bond acceptors (Lipinski definition) is 3. The van der Waals surface area contributed by atoms with Crippen LogP contribution in [0.15, 0.2) is 59.1 Å². The van der Waals surface area contributed by atoms with Crippen molar-refractivity contribution in [3.63, 3.8) is 0 Å². The first-order valence-electron chi connectivity index (χ1n) is 8.52. The maximum absolute atomic E-state index is 12.5. The lowest BCUT2D eigenvalue weighted by Gasteiger charge is -2.29. The SMILES string of the molecule is O=C(O)[C@@H](c1ccc(Br)cc1)[C@H]1CCCN1C(=O)OCc1ccccc1. The minimum absolute atomic E-state index is 0.179. The maximum Gasteiger partial charge on any atom is 0.410 e. The zero-order valence-electron chi connectivity index (χ0n) is 14.2. The summed E-state index contributed by atoms with van der Waals surface area (Å²) in [5.41, 5.74) is 1.59. The van der Waals surface area contributed by atoms with Crippen molar-refractivity contribution < 1.29 is 19.4 Å². The van der Waals surface area contributed by atoms with Gasteiger partial charge in [0.05, 0.1) is 6.04 Å². The Morgan fingerprint density at radius 3 is 2.50 bits per heavy atom. The van der Waals surface area contributed by atoms with Gasteiger partial charge < -0.3 is 14.7 Å². The zero-order chi connectivity index (χ0) is 18.5. The molecule has 1 aliphatic heterocycles. The van der Waals surface area contributed by atoms with Gasteiger partial charge in [-0.05, 0) is 36.1 Å². The Morgan fingerprint density at radius 1 is 1.15 bits per heavy atom. The number of halogens is 1. The van der Waals surface area contributed by atoms with Crippen molar-refractivity contribution in [2.75, 3.05) is 6.54 Å². The molecule has 0 spiro atoms. The number of carbonyl (C=O) groups excluding carboxylic acids is 1. The lowest BCUT2D eigenvalue weighted by Crippen LogP contribution is -2.42. The van der Waals surface area contributed by atoms with Gasteiger partial charge in [0.15, 0.2) is 0 Å². The molecule has 2 aromatic carbocycles. The van der Waals surface area contributed by atoms with Crippen LogP contribution in [0.1, 0.15) is 29.9 Å². The molecule has 1 saturated heterocycles. The van der Waals surface area contributed by atoms with Crippen LogP contribution in [0.4, 0.5) is 4.79 Å². The van der Waals surface area contributed by atoms with Crippen LogP contribution in [0.2, 0.25) is 0 Å². The summed E-state index contributed by atoms with van der Waals surface area (Å²) in [7, 11) is 0. The largest absolute Gasteiger partial charge is 0.481 e. The van der Waals surface area contributed by atoms with Gasteiger partial charge in [-0.15, -0.1) is 0 Å². The molecule has 0 bridgehead atoms. The molecule has 2 aromatic rings. The summed E-state index contributed by atoms with van der Waals surface area (Å²) in [5.74, 6) is -1.70. The quantitative estimate of drug-likeness (QED) is 0.781. The van der Waals surface area contributed by atoms with E-state index in [0.717, 1.165) is 16.5 Å². The van der Waals surface area contributed by atoms with Crippen LogP contribution in [0.25, 0.3) is 0 Å². The standard InChI is InChI=1S/C20H20BrNO4/c21-16-10-8-15(9-11-16)18(19(23)24)17-7-4-12-22(17)20(25)26-13-14-5-2-1-3-6-14/h1-3,5-6,8-11,17-18H,4,7,12-13H2,(H,23,24)/t17-,18+/m1/s1. The second-order valence-corrected chi connectivity index (χ2v) is 7.23. The predicted molar refractivity (Wildman–Crippen MR) is 101 cm³/mol. The van der Waals surface area contributed by atoms with E-state index in [0.29, 0.717) is 18.5 Å². The Kier molecular flexibility index (Phi) is 5.93. The normalized spacial score (nSPS) is 17.7. The molecule has 1 N–H and O–H groups in total. The van der Waals surface area contributed by atoms with Gasteiger partial charge in [-0.2, -0.15) is 0 Å². The molecule has 1 fully saturated rings. The van der Waals surface area contributed by atoms with Crippen LogP contribution >= 0.6 is 15.9 Å². The average molecular weight is 418 g/mol. The van der Waals surface area contributed by atoms with Crippen LogP contribution in [-0.4, -0.2) is 34.7 Å². The molecule has 1 aliphatic rings. The van der Waals surface area contributed by atoms with Gasteiger partial charge in [0, 0.05) is 11.0 Å². The molecule has 2 atom stereocenters. The number of carboxylic acids is 1. The Morgan fingerprint density at radius 2 is 1.85 bits per heavy atom. The Balaban J connectivity index is 1.73. The lowest BCUT2D eigenvalue weighted by molar-refractivity contribution is -0.140. The first kappa shape index (κ1) is 18.5. The van der Waals surface area contributed by atoms with E-state index in [9.17, 15) is 14.7 Å². The highest BCUT2D eigenvalue weighted by molar-refractivity contribution is 9.10. The van der Waals surface area contributed by atoms with Crippen molar-refractivity contribution in [2.24, 2.45) is 0 Å². The first-order chi connectivity index (χ1) is 12.6. The van der Waals surface area contributed by atoms with E-state index in [2.05, 4.69) is 15.9 Å². The third-order valence-electron chi connectivity index (χ3n) is 4.62. The Hall–Kier alpha value is -2.34. The van der Waals surface area contributed by atoms with Crippen molar-refractivity contribution in [3.05, 3.63) is 70.2 Å². The highest BCUT2D eigenvalue weighted by Gasteiger charge is 2.40. The first-order valence-corrected chi connectivity index (χ1v) is 9.31. The molecule has 0 aliphatic carbocycles. The van der Waals surface area contributed by atoms with Gasteiger partial charge in [-0.1, -0.05) is 58.4 Å². The van der Waals surface area contributed by atoms with Gasteiger partial charge in [0.1, 0.15) is 12.5 Å². The second-order valence-electron chi connectivity index (χ2n) is 6.31. The van der Waals surface area contributed by atoms with Crippen LogP contribution in [-0.2, 0) is 16.1 Å². The summed E-state index contributed by atoms with van der Waals surface area (Å²) in [6.07, 6.45) is 0.957. The van der Waals surface area contributed by atoms with E-state index in [1.807, 2.05) is 42.5 Å². The molecular formula is C20H20BrNO4. The monoisotopic (exact) mass is 417 g/mol. The number of amides is 1. The number of carboxylic acid groups (broad SMARTS) is 1. The fourth-order valence-electron chi connectivity index (χ4n) is 3.37. The molecule has 0 unspecified atom stereocenters. The third-order valence-corrected chi connectivity index (χ3v) is 5.15. The van der Waals surface area contributed by atoms with Crippen molar-refractivity contribution in [3.8, 4) is 0 Å². The fourth-order valence-corrected chi connectivity index (χ4v) is 3.63. The molecule has 0 saturated carbocycles. The molecule has 0 radical (unpaired) electrons. The molecule has 6 heteroatoms. The van der Waals surface area contributed by atoms with Crippen LogP contribution in [0, 0.1) is 0 Å². The smallest absolute Gasteiger partial charge is 0.410 e. The topological polar surface area (TPSA) is 66.8 Å². The number of likely N-dealkylation sites (tertiary alicyclic amines) is 1. The number of rotatable bonds is 5. The van der Waals surface area contributed by atoms with Crippen LogP contribution < -0.4 is 0 Å². The average Bonchev–Trinajstić information content (AvgIpc) is 3.11. The van der Waals surface area contributed by atoms with Crippen molar-refractivity contribution in [2.45, 2.75) is 31.4 Å². The minimum atomic E-state index is -0.930. The van der Waals surface area contributed by atoms with E-state index in [-0.39, 0.29) is 6.61 Å². The summed E-state index contributed by atoms with van der Waals surface area (Å²) in [5, 5.41) is 9.77. The van der Waals surface area contributed by atoms with Crippen LogP contribution in [0.3, 0.4) is 0 Å². The number of hydrogen-bond donors (Lipinski definition) is 1. The summed E-state index contributed by atoms with van der Waals surface area (Å²) in [6.45, 7) is 0.692. The number of carbonyl (C=O) groups is 2. The van der Waals surface area contributed by atoms with E-state index in [1.165, 1.54) is 0 Å². The lowest BCUT2D eigenvalue weighted by atomic mass is 9.90. The summed E-state index contributed by atoms with van der Waals surface area (Å²) >= 11 is 3.36. The molecular weight excluding hydrogens is 398 g/mol. The van der Waals surface area contributed by atoms with Gasteiger partial charge in [0.25, 0.3) is 0 Å². The van der Waals surface area contributed by atoms with E-state index in [4.69, 9.17) is 4.74 Å². The molecule has 1 heterocycles. The minimum Gasteiger partial charge on any atom is -0.481 e. The summed E-state index contributed by atoms with van der Waals surface area (Å²) < 4.78 is 6.30. The van der Waals surface area contributed by atoms with Gasteiger partial charge in [-0.25, -0.2) is 4.79 Å². The van der Waals surface area contributed by atoms with Gasteiger partial charge in [-0.3, -0.25) is 4.79 Å². The molecule has 136 valence electrons. The number of benzene rings is 2. The Labute approximate surface area is 160 Å². The zero-order valence-corrected chi connectivity index (χ0v) is 15.8.